The number of benzene rings is 2. The molecule has 1 saturated carbocycles. The van der Waals surface area contributed by atoms with Crippen molar-refractivity contribution in [2.24, 2.45) is 11.3 Å². The number of allylic oxidation sites excluding steroid dienone is 2. The first-order chi connectivity index (χ1) is 10.6. The molecule has 0 saturated heterocycles. The lowest BCUT2D eigenvalue weighted by Gasteiger charge is -2.39. The summed E-state index contributed by atoms with van der Waals surface area (Å²) in [4.78, 5) is 12.9. The Bertz CT molecular complexity index is 858. The predicted octanol–water partition coefficient (Wildman–Crippen LogP) is 4.54. The molecule has 1 heteroatoms. The molecule has 2 atom stereocenters. The van der Waals surface area contributed by atoms with Crippen molar-refractivity contribution in [3.05, 3.63) is 58.7 Å². The van der Waals surface area contributed by atoms with Crippen LogP contribution in [0.25, 0.3) is 10.8 Å². The minimum absolute atomic E-state index is 0.0609. The molecule has 0 radical (unpaired) electrons. The highest BCUT2D eigenvalue weighted by Crippen LogP contribution is 2.57. The SMILES string of the molecule is Cc1ccc2cc3c(cc2c1)CC1(CC2=CCC1C2)C(=O)C3. The Kier molecular flexibility index (Phi) is 2.35. The summed E-state index contributed by atoms with van der Waals surface area (Å²) in [5.74, 6) is 1.08. The van der Waals surface area contributed by atoms with Gasteiger partial charge in [-0.2, -0.15) is 0 Å². The molecule has 0 aliphatic heterocycles. The van der Waals surface area contributed by atoms with Crippen molar-refractivity contribution in [2.45, 2.75) is 39.0 Å². The Morgan fingerprint density at radius 3 is 2.68 bits per heavy atom. The van der Waals surface area contributed by atoms with E-state index in [2.05, 4.69) is 43.3 Å². The van der Waals surface area contributed by atoms with Gasteiger partial charge in [0.15, 0.2) is 0 Å². The maximum atomic E-state index is 12.9. The van der Waals surface area contributed by atoms with Gasteiger partial charge in [0, 0.05) is 11.8 Å². The maximum absolute atomic E-state index is 12.9. The zero-order chi connectivity index (χ0) is 14.9. The highest BCUT2D eigenvalue weighted by atomic mass is 16.1. The molecular weight excluding hydrogens is 268 g/mol. The summed E-state index contributed by atoms with van der Waals surface area (Å²) in [6.45, 7) is 2.15. The molecule has 3 aliphatic rings. The average molecular weight is 288 g/mol. The van der Waals surface area contributed by atoms with Crippen LogP contribution in [0.5, 0.6) is 0 Å². The molecule has 3 aliphatic carbocycles. The topological polar surface area (TPSA) is 17.1 Å². The third-order valence-electron chi connectivity index (χ3n) is 6.25. The van der Waals surface area contributed by atoms with E-state index in [1.54, 1.807) is 5.57 Å². The van der Waals surface area contributed by atoms with Crippen LogP contribution in [0, 0.1) is 18.3 Å². The van der Waals surface area contributed by atoms with Crippen LogP contribution >= 0.6 is 0 Å². The van der Waals surface area contributed by atoms with Gasteiger partial charge in [-0.25, -0.2) is 0 Å². The van der Waals surface area contributed by atoms with Crippen LogP contribution in [-0.4, -0.2) is 5.78 Å². The first kappa shape index (κ1) is 12.6. The summed E-state index contributed by atoms with van der Waals surface area (Å²) in [6.07, 6.45) is 7.32. The molecule has 1 nitrogen and oxygen atoms in total. The summed E-state index contributed by atoms with van der Waals surface area (Å²) in [5.41, 5.74) is 5.47. The molecule has 2 aromatic rings. The quantitative estimate of drug-likeness (QED) is 0.650. The number of aryl methyl sites for hydroxylation is 1. The lowest BCUT2D eigenvalue weighted by Crippen LogP contribution is -2.42. The fourth-order valence-electron chi connectivity index (χ4n) is 5.07. The number of hydrogen-bond acceptors (Lipinski definition) is 1. The minimum Gasteiger partial charge on any atom is -0.299 e. The second kappa shape index (κ2) is 4.10. The molecule has 1 fully saturated rings. The van der Waals surface area contributed by atoms with E-state index < -0.39 is 0 Å². The summed E-state index contributed by atoms with van der Waals surface area (Å²) in [6, 6.07) is 11.2. The smallest absolute Gasteiger partial charge is 0.144 e. The fraction of sp³-hybridized carbons (Fsp3) is 0.381. The first-order valence-electron chi connectivity index (χ1n) is 8.37. The number of carbonyl (C=O) groups excluding carboxylic acids is 1. The standard InChI is InChI=1S/C21H20O/c1-13-2-4-15-8-17-10-20(22)21(11-14-3-5-19(21)7-14)12-18(17)9-16(15)6-13/h2-4,6,8-9,19H,5,7,10-12H2,1H3. The van der Waals surface area contributed by atoms with E-state index in [4.69, 9.17) is 0 Å². The van der Waals surface area contributed by atoms with Crippen molar-refractivity contribution in [3.8, 4) is 0 Å². The van der Waals surface area contributed by atoms with E-state index in [9.17, 15) is 4.79 Å². The number of rotatable bonds is 0. The van der Waals surface area contributed by atoms with Gasteiger partial charge in [-0.05, 0) is 60.4 Å². The van der Waals surface area contributed by atoms with E-state index >= 15 is 0 Å². The molecular formula is C21H20O. The number of hydrogen-bond donors (Lipinski definition) is 0. The second-order valence-corrected chi connectivity index (χ2v) is 7.58. The Labute approximate surface area is 131 Å². The largest absolute Gasteiger partial charge is 0.299 e. The molecule has 110 valence electrons. The highest BCUT2D eigenvalue weighted by Gasteiger charge is 2.53. The van der Waals surface area contributed by atoms with Crippen molar-refractivity contribution >= 4 is 16.6 Å². The van der Waals surface area contributed by atoms with Crippen LogP contribution in [0.4, 0.5) is 0 Å². The molecule has 2 bridgehead atoms. The third kappa shape index (κ3) is 1.57. The summed E-state index contributed by atoms with van der Waals surface area (Å²) in [5, 5.41) is 2.59. The Morgan fingerprint density at radius 2 is 1.91 bits per heavy atom. The zero-order valence-electron chi connectivity index (χ0n) is 13.0. The predicted molar refractivity (Wildman–Crippen MR) is 89.0 cm³/mol. The lowest BCUT2D eigenvalue weighted by molar-refractivity contribution is -0.131. The van der Waals surface area contributed by atoms with Crippen molar-refractivity contribution in [3.63, 3.8) is 0 Å². The first-order valence-corrected chi connectivity index (χ1v) is 8.37. The Balaban J connectivity index is 1.66. The molecule has 2 aromatic carbocycles. The molecule has 0 aromatic heterocycles. The molecule has 1 spiro atoms. The minimum atomic E-state index is -0.0609. The molecule has 22 heavy (non-hydrogen) atoms. The van der Waals surface area contributed by atoms with Crippen molar-refractivity contribution in [2.75, 3.05) is 0 Å². The molecule has 0 heterocycles. The monoisotopic (exact) mass is 288 g/mol. The van der Waals surface area contributed by atoms with Gasteiger partial charge in [0.25, 0.3) is 0 Å². The molecule has 2 unspecified atom stereocenters. The van der Waals surface area contributed by atoms with E-state index in [0.717, 1.165) is 19.3 Å². The van der Waals surface area contributed by atoms with Crippen LogP contribution < -0.4 is 0 Å². The zero-order valence-corrected chi connectivity index (χ0v) is 13.0. The van der Waals surface area contributed by atoms with Gasteiger partial charge in [-0.1, -0.05) is 47.5 Å². The van der Waals surface area contributed by atoms with Gasteiger partial charge in [-0.15, -0.1) is 0 Å². The summed E-state index contributed by atoms with van der Waals surface area (Å²) < 4.78 is 0. The summed E-state index contributed by atoms with van der Waals surface area (Å²) >= 11 is 0. The molecule has 0 amide bonds. The Hall–Kier alpha value is -1.89. The van der Waals surface area contributed by atoms with E-state index in [1.807, 2.05) is 0 Å². The fourth-order valence-corrected chi connectivity index (χ4v) is 5.07. The number of Topliss-reactive ketones (excluding diaryl/α,β-unsaturated/α-hetero) is 1. The van der Waals surface area contributed by atoms with Gasteiger partial charge >= 0.3 is 0 Å². The summed E-state index contributed by atoms with van der Waals surface area (Å²) in [7, 11) is 0. The Morgan fingerprint density at radius 1 is 1.05 bits per heavy atom. The van der Waals surface area contributed by atoms with Gasteiger partial charge in [-0.3, -0.25) is 4.79 Å². The average Bonchev–Trinajstić information content (AvgIpc) is 3.08. The number of fused-ring (bicyclic) bond motifs is 5. The second-order valence-electron chi connectivity index (χ2n) is 7.58. The van der Waals surface area contributed by atoms with E-state index in [-0.39, 0.29) is 5.41 Å². The van der Waals surface area contributed by atoms with E-state index in [0.29, 0.717) is 18.1 Å². The van der Waals surface area contributed by atoms with Gasteiger partial charge in [0.05, 0.1) is 0 Å². The third-order valence-corrected chi connectivity index (χ3v) is 6.25. The van der Waals surface area contributed by atoms with Gasteiger partial charge < -0.3 is 0 Å². The van der Waals surface area contributed by atoms with Crippen LogP contribution in [0.1, 0.15) is 36.0 Å². The van der Waals surface area contributed by atoms with Crippen LogP contribution in [0.15, 0.2) is 42.0 Å². The van der Waals surface area contributed by atoms with Crippen LogP contribution in [0.3, 0.4) is 0 Å². The normalized spacial score (nSPS) is 29.2. The number of ketones is 1. The molecule has 5 rings (SSSR count). The number of carbonyl (C=O) groups is 1. The van der Waals surface area contributed by atoms with Crippen molar-refractivity contribution < 1.29 is 4.79 Å². The highest BCUT2D eigenvalue weighted by molar-refractivity contribution is 5.93. The van der Waals surface area contributed by atoms with E-state index in [1.165, 1.54) is 33.9 Å². The van der Waals surface area contributed by atoms with Gasteiger partial charge in [0.2, 0.25) is 0 Å². The van der Waals surface area contributed by atoms with Crippen molar-refractivity contribution in [1.82, 2.24) is 0 Å². The van der Waals surface area contributed by atoms with Crippen molar-refractivity contribution in [1.29, 1.82) is 0 Å². The van der Waals surface area contributed by atoms with Crippen LogP contribution in [-0.2, 0) is 17.6 Å². The van der Waals surface area contributed by atoms with Crippen LogP contribution in [0.2, 0.25) is 0 Å². The maximum Gasteiger partial charge on any atom is 0.144 e. The lowest BCUT2D eigenvalue weighted by atomic mass is 9.63. The van der Waals surface area contributed by atoms with Gasteiger partial charge in [0.1, 0.15) is 5.78 Å². The molecule has 0 N–H and O–H groups in total.